The van der Waals surface area contributed by atoms with E-state index in [-0.39, 0.29) is 44.5 Å². The van der Waals surface area contributed by atoms with Crippen molar-refractivity contribution in [3.63, 3.8) is 0 Å². The third-order valence-corrected chi connectivity index (χ3v) is 15.7. The summed E-state index contributed by atoms with van der Waals surface area (Å²) in [5, 5.41) is 35.4. The summed E-state index contributed by atoms with van der Waals surface area (Å²) in [6.45, 7) is -0.484. The highest BCUT2D eigenvalue weighted by atomic mass is 16.7. The molecule has 0 amide bonds. The van der Waals surface area contributed by atoms with Gasteiger partial charge in [0, 0.05) is 26.7 Å². The number of esters is 10. The average molecular weight is 1430 g/mol. The van der Waals surface area contributed by atoms with Crippen molar-refractivity contribution >= 4 is 59.7 Å². The lowest BCUT2D eigenvalue weighted by molar-refractivity contribution is -0.301. The van der Waals surface area contributed by atoms with Crippen LogP contribution in [-0.2, 0) is 71.2 Å². The van der Waals surface area contributed by atoms with E-state index < -0.39 is 172 Å². The van der Waals surface area contributed by atoms with Gasteiger partial charge in [-0.25, -0.2) is 38.4 Å². The number of rotatable bonds is 33. The number of aliphatic hydroxyl groups is 3. The van der Waals surface area contributed by atoms with Crippen molar-refractivity contribution in [3.05, 3.63) is 287 Å². The minimum atomic E-state index is -2.82. The Hall–Kier alpha value is -11.8. The molecule has 9 rings (SSSR count). The lowest BCUT2D eigenvalue weighted by Gasteiger charge is -2.44. The summed E-state index contributed by atoms with van der Waals surface area (Å²) in [5.41, 5.74) is -0.309. The van der Waals surface area contributed by atoms with Gasteiger partial charge >= 0.3 is 59.7 Å². The van der Waals surface area contributed by atoms with Crippen molar-refractivity contribution in [2.45, 2.75) is 107 Å². The molecule has 8 aromatic carbocycles. The van der Waals surface area contributed by atoms with Crippen LogP contribution in [0.5, 0.6) is 0 Å². The number of hydrogen-bond acceptors (Lipinski definition) is 26. The number of carbonyl (C=O) groups is 10. The third kappa shape index (κ3) is 21.9. The molecule has 0 spiro atoms. The number of carbonyl (C=O) groups excluding carboxylic acids is 10. The van der Waals surface area contributed by atoms with Crippen LogP contribution in [0.3, 0.4) is 0 Å². The normalized spacial score (nSPS) is 17.4. The van der Waals surface area contributed by atoms with Crippen LogP contribution in [0.25, 0.3) is 0 Å². The fraction of sp³-hybridized carbons (Fsp3) is 0.256. The van der Waals surface area contributed by atoms with Gasteiger partial charge in [0.05, 0.1) is 57.7 Å². The Bertz CT molecular complexity index is 4120. The standard InChI is InChI=1S/C78H72O26/c1-48(79)95-58(44-46-93-78-67(104-76(90)57-41-25-10-26-42-57)64(102-74(88)55-37-21-8-22-38-55)63(100-73(87)54-35-19-7-20-36-54)60(98-78)47-94-70(84)51-29-13-4-14-30-51)61(65(68(81)82)96-49(2)80)101-77(91)66(103-75(89)56-39-23-9-24-40-56)62(99-72(86)53-33-17-6-18-34-53)59(97-71(85)52-31-15-5-16-32-52)43-45-92-69(83)50-27-11-3-12-28-50/h3-42,58-68,77-78,81-82,91H,43-47H2,1-2H3. The van der Waals surface area contributed by atoms with Crippen LogP contribution in [0.1, 0.15) is 110 Å². The maximum Gasteiger partial charge on any atom is 0.338 e. The quantitative estimate of drug-likeness (QED) is 0.0197. The molecule has 3 N–H and O–H groups in total. The van der Waals surface area contributed by atoms with Crippen LogP contribution in [0.4, 0.5) is 0 Å². The van der Waals surface area contributed by atoms with Crippen LogP contribution in [0, 0.1) is 0 Å². The highest BCUT2D eigenvalue weighted by molar-refractivity contribution is 5.93. The van der Waals surface area contributed by atoms with Gasteiger partial charge in [0.25, 0.3) is 0 Å². The fourth-order valence-electron chi connectivity index (χ4n) is 10.7. The fourth-order valence-corrected chi connectivity index (χ4v) is 10.7. The molecular weight excluding hydrogens is 1350 g/mol. The van der Waals surface area contributed by atoms with Gasteiger partial charge in [0.1, 0.15) is 31.0 Å². The van der Waals surface area contributed by atoms with Crippen LogP contribution in [0.2, 0.25) is 0 Å². The molecule has 1 heterocycles. The zero-order valence-electron chi connectivity index (χ0n) is 55.9. The molecule has 0 aromatic heterocycles. The second kappa shape index (κ2) is 38.3. The molecule has 26 nitrogen and oxygen atoms in total. The first-order chi connectivity index (χ1) is 50.3. The maximum absolute atomic E-state index is 14.6. The van der Waals surface area contributed by atoms with Gasteiger partial charge in [-0.15, -0.1) is 0 Å². The van der Waals surface area contributed by atoms with E-state index in [4.69, 9.17) is 61.6 Å². The molecule has 0 bridgehead atoms. The first kappa shape index (κ1) is 76.4. The van der Waals surface area contributed by atoms with E-state index in [9.17, 15) is 63.3 Å². The van der Waals surface area contributed by atoms with Gasteiger partial charge in [0.2, 0.25) is 0 Å². The lowest BCUT2D eigenvalue weighted by atomic mass is 9.97. The van der Waals surface area contributed by atoms with E-state index >= 15 is 0 Å². The van der Waals surface area contributed by atoms with Crippen molar-refractivity contribution in [2.75, 3.05) is 19.8 Å². The summed E-state index contributed by atoms with van der Waals surface area (Å²) < 4.78 is 78.7. The molecule has 0 radical (unpaired) electrons. The van der Waals surface area contributed by atoms with Crippen molar-refractivity contribution in [1.29, 1.82) is 0 Å². The zero-order chi connectivity index (χ0) is 73.9. The van der Waals surface area contributed by atoms with Crippen molar-refractivity contribution in [2.24, 2.45) is 0 Å². The molecule has 540 valence electrons. The Morgan fingerprint density at radius 1 is 0.337 bits per heavy atom. The molecule has 0 saturated carbocycles. The number of benzene rings is 8. The topological polar surface area (TPSA) is 351 Å². The number of ether oxygens (including phenoxy) is 13. The molecule has 26 heteroatoms. The van der Waals surface area contributed by atoms with Crippen molar-refractivity contribution in [1.82, 2.24) is 0 Å². The van der Waals surface area contributed by atoms with Gasteiger partial charge in [-0.1, -0.05) is 146 Å². The first-order valence-corrected chi connectivity index (χ1v) is 32.6. The molecule has 1 aliphatic heterocycles. The summed E-state index contributed by atoms with van der Waals surface area (Å²) in [5.74, 6) is -10.8. The van der Waals surface area contributed by atoms with Gasteiger partial charge in [-0.3, -0.25) is 9.59 Å². The smallest absolute Gasteiger partial charge is 0.338 e. The van der Waals surface area contributed by atoms with Gasteiger partial charge in [-0.2, -0.15) is 0 Å². The third-order valence-electron chi connectivity index (χ3n) is 15.7. The maximum atomic E-state index is 14.6. The average Bonchev–Trinajstić information content (AvgIpc) is 0.776. The summed E-state index contributed by atoms with van der Waals surface area (Å²) in [6.07, 6.45) is -30.0. The van der Waals surface area contributed by atoms with E-state index in [1.165, 1.54) is 158 Å². The van der Waals surface area contributed by atoms with Crippen LogP contribution < -0.4 is 0 Å². The monoisotopic (exact) mass is 1420 g/mol. The molecule has 12 unspecified atom stereocenters. The van der Waals surface area contributed by atoms with Crippen molar-refractivity contribution in [3.8, 4) is 0 Å². The van der Waals surface area contributed by atoms with Gasteiger partial charge in [-0.05, 0) is 97.1 Å². The Kier molecular flexibility index (Phi) is 28.1. The lowest BCUT2D eigenvalue weighted by Crippen LogP contribution is -2.63. The molecule has 1 fully saturated rings. The van der Waals surface area contributed by atoms with E-state index in [0.717, 1.165) is 13.8 Å². The summed E-state index contributed by atoms with van der Waals surface area (Å²) in [4.78, 5) is 140. The van der Waals surface area contributed by atoms with E-state index in [2.05, 4.69) is 0 Å². The molecule has 1 aliphatic rings. The van der Waals surface area contributed by atoms with E-state index in [0.29, 0.717) is 0 Å². The van der Waals surface area contributed by atoms with E-state index in [1.807, 2.05) is 0 Å². The molecule has 0 aliphatic carbocycles. The molecule has 12 atom stereocenters. The predicted molar refractivity (Wildman–Crippen MR) is 361 cm³/mol. The number of hydrogen-bond donors (Lipinski definition) is 3. The number of aliphatic hydroxyl groups excluding tert-OH is 2. The summed E-state index contributed by atoms with van der Waals surface area (Å²) in [7, 11) is 0. The van der Waals surface area contributed by atoms with E-state index in [1.54, 1.807) is 84.9 Å². The second-order valence-electron chi connectivity index (χ2n) is 23.1. The highest BCUT2D eigenvalue weighted by Gasteiger charge is 2.55. The van der Waals surface area contributed by atoms with Crippen LogP contribution >= 0.6 is 0 Å². The van der Waals surface area contributed by atoms with Crippen molar-refractivity contribution < 1.29 is 125 Å². The summed E-state index contributed by atoms with van der Waals surface area (Å²) >= 11 is 0. The van der Waals surface area contributed by atoms with Gasteiger partial charge in [0.15, 0.2) is 55.5 Å². The highest BCUT2D eigenvalue weighted by Crippen LogP contribution is 2.34. The second-order valence-corrected chi connectivity index (χ2v) is 23.1. The zero-order valence-corrected chi connectivity index (χ0v) is 55.9. The van der Waals surface area contributed by atoms with Gasteiger partial charge < -0.3 is 76.9 Å². The first-order valence-electron chi connectivity index (χ1n) is 32.6. The Morgan fingerprint density at radius 2 is 0.663 bits per heavy atom. The molecule has 104 heavy (non-hydrogen) atoms. The minimum absolute atomic E-state index is 0.00661. The Morgan fingerprint density at radius 3 is 1.06 bits per heavy atom. The SMILES string of the molecule is CC(=O)OC(CCOC1OC(COC(=O)c2ccccc2)C(OC(=O)c2ccccc2)C(OC(=O)c2ccccc2)C1OC(=O)c1ccccc1)C(OC(O)C(OC(=O)c1ccccc1)C(OC(=O)c1ccccc1)C(CCOC(=O)c1ccccc1)OC(=O)c1ccccc1)C(OC(C)=O)C(O)O. The Labute approximate surface area is 595 Å². The Balaban J connectivity index is 1.13. The minimum Gasteiger partial charge on any atom is -0.462 e. The predicted octanol–water partition coefficient (Wildman–Crippen LogP) is 8.45. The van der Waals surface area contributed by atoms with Crippen LogP contribution in [0.15, 0.2) is 243 Å². The summed E-state index contributed by atoms with van der Waals surface area (Å²) in [6, 6.07) is 59.6. The molecular formula is C78H72O26. The molecule has 8 aromatic rings. The largest absolute Gasteiger partial charge is 0.462 e. The van der Waals surface area contributed by atoms with Crippen LogP contribution in [-0.4, -0.2) is 175 Å². The molecule has 1 saturated heterocycles.